The zero-order valence-corrected chi connectivity index (χ0v) is 33.4. The maximum atomic E-state index is 12.8. The molecule has 0 saturated carbocycles. The van der Waals surface area contributed by atoms with Gasteiger partial charge in [-0.3, -0.25) is 9.59 Å². The Hall–Kier alpha value is -1.50. The highest BCUT2D eigenvalue weighted by Crippen LogP contribution is 2.26. The number of aliphatic hydroxyl groups is 7. The SMILES string of the molecule is CCCCCCCCCCCCCC(=O)OC[C@H](CO[C@@H]1O[C@H](CO[C@H]2O[C@H](CO)[C@H](O)[C@H](O)[C@H]2O)[C@H](O)[C@H](O)[C@H]1O)OC(=O)CCCCCCCCCC. The molecule has 2 saturated heterocycles. The fraction of sp³-hybridized carbons (Fsp3) is 0.950. The van der Waals surface area contributed by atoms with Crippen LogP contribution in [0.1, 0.15) is 149 Å². The summed E-state index contributed by atoms with van der Waals surface area (Å²) in [5.41, 5.74) is 0. The first kappa shape index (κ1) is 49.6. The second-order valence-corrected chi connectivity index (χ2v) is 15.2. The number of unbranched alkanes of at least 4 members (excludes halogenated alkanes) is 17. The average molecular weight is 795 g/mol. The van der Waals surface area contributed by atoms with Crippen molar-refractivity contribution in [3.8, 4) is 0 Å². The summed E-state index contributed by atoms with van der Waals surface area (Å²) in [6.07, 6.45) is 4.64. The number of ether oxygens (including phenoxy) is 6. The number of hydrogen-bond donors (Lipinski definition) is 7. The maximum Gasteiger partial charge on any atom is 0.306 e. The summed E-state index contributed by atoms with van der Waals surface area (Å²) in [4.78, 5) is 25.4. The van der Waals surface area contributed by atoms with E-state index in [4.69, 9.17) is 28.4 Å². The van der Waals surface area contributed by atoms with Crippen molar-refractivity contribution < 1.29 is 73.8 Å². The smallest absolute Gasteiger partial charge is 0.306 e. The molecule has 0 spiro atoms. The van der Waals surface area contributed by atoms with Gasteiger partial charge in [0.25, 0.3) is 0 Å². The third-order valence-corrected chi connectivity index (χ3v) is 10.3. The summed E-state index contributed by atoms with van der Waals surface area (Å²) in [6, 6.07) is 0. The van der Waals surface area contributed by atoms with Gasteiger partial charge in [-0.05, 0) is 12.8 Å². The fourth-order valence-electron chi connectivity index (χ4n) is 6.74. The van der Waals surface area contributed by atoms with Gasteiger partial charge in [0.1, 0.15) is 55.4 Å². The van der Waals surface area contributed by atoms with Crippen LogP contribution in [-0.2, 0) is 38.0 Å². The molecule has 2 aliphatic heterocycles. The van der Waals surface area contributed by atoms with Gasteiger partial charge in [0, 0.05) is 12.8 Å². The quantitative estimate of drug-likeness (QED) is 0.0394. The number of rotatable bonds is 31. The molecule has 2 heterocycles. The first-order valence-corrected chi connectivity index (χ1v) is 21.1. The standard InChI is InChI=1S/C40H74O15/c1-3-5-7-9-11-13-14-15-17-18-20-22-31(42)50-25-28(53-32(43)23-21-19-16-12-10-8-6-4-2)26-51-39-38(49)36(47)34(45)30(55-39)27-52-40-37(48)35(46)33(44)29(24-41)54-40/h28-30,33-41,44-49H,3-27H2,1-2H3/t28-,29-,30-,33+,34+,35+,36+,37-,38-,39-,40+/m1/s1. The number of carbonyl (C=O) groups is 2. The Balaban J connectivity index is 1.88. The van der Waals surface area contributed by atoms with Crippen molar-refractivity contribution in [2.75, 3.05) is 26.4 Å². The maximum absolute atomic E-state index is 12.8. The molecule has 2 fully saturated rings. The fourth-order valence-corrected chi connectivity index (χ4v) is 6.74. The molecule has 2 aliphatic rings. The molecular formula is C40H74O15. The number of aliphatic hydroxyl groups excluding tert-OH is 7. The first-order chi connectivity index (χ1) is 26.5. The van der Waals surface area contributed by atoms with E-state index < -0.39 is 92.7 Å². The van der Waals surface area contributed by atoms with Gasteiger partial charge < -0.3 is 64.2 Å². The van der Waals surface area contributed by atoms with Crippen LogP contribution in [0.3, 0.4) is 0 Å². The lowest BCUT2D eigenvalue weighted by atomic mass is 9.98. The molecule has 7 N–H and O–H groups in total. The van der Waals surface area contributed by atoms with Gasteiger partial charge in [-0.1, -0.05) is 123 Å². The summed E-state index contributed by atoms with van der Waals surface area (Å²) in [5.74, 6) is -0.926. The topological polar surface area (TPSA) is 231 Å². The third-order valence-electron chi connectivity index (χ3n) is 10.3. The van der Waals surface area contributed by atoms with E-state index >= 15 is 0 Å². The van der Waals surface area contributed by atoms with Crippen LogP contribution in [-0.4, -0.2) is 142 Å². The van der Waals surface area contributed by atoms with Crippen molar-refractivity contribution in [1.29, 1.82) is 0 Å². The highest BCUT2D eigenvalue weighted by molar-refractivity contribution is 5.70. The third kappa shape index (κ3) is 19.7. The van der Waals surface area contributed by atoms with E-state index in [1.807, 2.05) is 0 Å². The van der Waals surface area contributed by atoms with Crippen molar-refractivity contribution >= 4 is 11.9 Å². The monoisotopic (exact) mass is 795 g/mol. The summed E-state index contributed by atoms with van der Waals surface area (Å²) < 4.78 is 33.3. The van der Waals surface area contributed by atoms with E-state index in [0.29, 0.717) is 12.8 Å². The zero-order chi connectivity index (χ0) is 40.4. The summed E-state index contributed by atoms with van der Waals surface area (Å²) in [7, 11) is 0. The van der Waals surface area contributed by atoms with E-state index in [1.165, 1.54) is 70.6 Å². The van der Waals surface area contributed by atoms with E-state index in [9.17, 15) is 45.3 Å². The van der Waals surface area contributed by atoms with Crippen LogP contribution in [0.5, 0.6) is 0 Å². The highest BCUT2D eigenvalue weighted by Gasteiger charge is 2.47. The van der Waals surface area contributed by atoms with Gasteiger partial charge >= 0.3 is 11.9 Å². The molecule has 0 amide bonds. The van der Waals surface area contributed by atoms with Crippen LogP contribution in [0.25, 0.3) is 0 Å². The molecule has 55 heavy (non-hydrogen) atoms. The van der Waals surface area contributed by atoms with Crippen LogP contribution in [0, 0.1) is 0 Å². The van der Waals surface area contributed by atoms with Gasteiger partial charge in [-0.2, -0.15) is 0 Å². The summed E-state index contributed by atoms with van der Waals surface area (Å²) in [6.45, 7) is 2.52. The Labute approximate surface area is 328 Å². The number of carbonyl (C=O) groups excluding carboxylic acids is 2. The van der Waals surface area contributed by atoms with Crippen LogP contribution in [0.2, 0.25) is 0 Å². The molecule has 15 heteroatoms. The van der Waals surface area contributed by atoms with Gasteiger partial charge in [-0.15, -0.1) is 0 Å². The Morgan fingerprint density at radius 1 is 0.509 bits per heavy atom. The zero-order valence-electron chi connectivity index (χ0n) is 33.4. The Morgan fingerprint density at radius 3 is 1.42 bits per heavy atom. The van der Waals surface area contributed by atoms with E-state index in [0.717, 1.165) is 38.5 Å². The number of hydrogen-bond acceptors (Lipinski definition) is 15. The Kier molecular flexibility index (Phi) is 26.8. The minimum atomic E-state index is -1.76. The second kappa shape index (κ2) is 29.7. The molecule has 11 atom stereocenters. The lowest BCUT2D eigenvalue weighted by Gasteiger charge is -2.42. The van der Waals surface area contributed by atoms with Crippen molar-refractivity contribution in [2.24, 2.45) is 0 Å². The van der Waals surface area contributed by atoms with Crippen LogP contribution < -0.4 is 0 Å². The second-order valence-electron chi connectivity index (χ2n) is 15.2. The minimum absolute atomic E-state index is 0.170. The van der Waals surface area contributed by atoms with Crippen molar-refractivity contribution in [1.82, 2.24) is 0 Å². The molecule has 0 aliphatic carbocycles. The lowest BCUT2D eigenvalue weighted by molar-refractivity contribution is -0.332. The van der Waals surface area contributed by atoms with Crippen LogP contribution >= 0.6 is 0 Å². The van der Waals surface area contributed by atoms with Crippen molar-refractivity contribution in [3.63, 3.8) is 0 Å². The molecule has 0 aromatic heterocycles. The van der Waals surface area contributed by atoms with E-state index in [-0.39, 0.29) is 26.1 Å². The molecule has 0 aromatic rings. The molecule has 0 radical (unpaired) electrons. The Morgan fingerprint density at radius 2 is 0.927 bits per heavy atom. The van der Waals surface area contributed by atoms with Gasteiger partial charge in [0.15, 0.2) is 18.7 Å². The average Bonchev–Trinajstić information content (AvgIpc) is 3.18. The van der Waals surface area contributed by atoms with E-state index in [2.05, 4.69) is 13.8 Å². The summed E-state index contributed by atoms with van der Waals surface area (Å²) in [5, 5.41) is 71.6. The minimum Gasteiger partial charge on any atom is -0.462 e. The molecule has 324 valence electrons. The van der Waals surface area contributed by atoms with E-state index in [1.54, 1.807) is 0 Å². The molecule has 2 rings (SSSR count). The lowest BCUT2D eigenvalue weighted by Crippen LogP contribution is -2.61. The molecule has 0 unspecified atom stereocenters. The first-order valence-electron chi connectivity index (χ1n) is 21.1. The van der Waals surface area contributed by atoms with Crippen LogP contribution in [0.4, 0.5) is 0 Å². The summed E-state index contributed by atoms with van der Waals surface area (Å²) >= 11 is 0. The van der Waals surface area contributed by atoms with Gasteiger partial charge in [-0.25, -0.2) is 0 Å². The number of esters is 2. The molecule has 0 aromatic carbocycles. The molecule has 15 nitrogen and oxygen atoms in total. The normalized spacial score (nSPS) is 28.9. The molecular weight excluding hydrogens is 720 g/mol. The predicted molar refractivity (Wildman–Crippen MR) is 201 cm³/mol. The predicted octanol–water partition coefficient (Wildman–Crippen LogP) is 3.31. The van der Waals surface area contributed by atoms with Crippen LogP contribution in [0.15, 0.2) is 0 Å². The Bertz CT molecular complexity index is 986. The largest absolute Gasteiger partial charge is 0.462 e. The van der Waals surface area contributed by atoms with Gasteiger partial charge in [0.05, 0.1) is 19.8 Å². The molecule has 0 bridgehead atoms. The van der Waals surface area contributed by atoms with Crippen molar-refractivity contribution in [2.45, 2.75) is 216 Å². The van der Waals surface area contributed by atoms with Crippen molar-refractivity contribution in [3.05, 3.63) is 0 Å². The van der Waals surface area contributed by atoms with Gasteiger partial charge in [0.2, 0.25) is 0 Å². The highest BCUT2D eigenvalue weighted by atomic mass is 16.7.